The lowest BCUT2D eigenvalue weighted by molar-refractivity contribution is -0.110. The zero-order chi connectivity index (χ0) is 12.8. The SMILES string of the molecule is CCC(C)SC(=O)CCS(=O)(=O)C(C)CC. The number of carbonyl (C=O) groups is 1. The van der Waals surface area contributed by atoms with Crippen LogP contribution in [0.1, 0.15) is 47.0 Å². The molecule has 0 saturated carbocycles. The summed E-state index contributed by atoms with van der Waals surface area (Å²) in [5.41, 5.74) is 0. The summed E-state index contributed by atoms with van der Waals surface area (Å²) in [7, 11) is -3.08. The lowest BCUT2D eigenvalue weighted by Crippen LogP contribution is -2.21. The Labute approximate surface area is 103 Å². The Bertz CT molecular complexity index is 309. The highest BCUT2D eigenvalue weighted by molar-refractivity contribution is 8.14. The van der Waals surface area contributed by atoms with Crippen molar-refractivity contribution in [2.75, 3.05) is 5.75 Å². The lowest BCUT2D eigenvalue weighted by Gasteiger charge is -2.10. The summed E-state index contributed by atoms with van der Waals surface area (Å²) in [6.07, 6.45) is 1.67. The molecule has 0 aliphatic heterocycles. The Morgan fingerprint density at radius 1 is 1.19 bits per heavy atom. The van der Waals surface area contributed by atoms with E-state index in [1.807, 2.05) is 20.8 Å². The Kier molecular flexibility index (Phi) is 7.31. The van der Waals surface area contributed by atoms with Crippen molar-refractivity contribution in [3.63, 3.8) is 0 Å². The number of rotatable bonds is 7. The minimum Gasteiger partial charge on any atom is -0.287 e. The second-order valence-electron chi connectivity index (χ2n) is 4.04. The molecule has 0 amide bonds. The van der Waals surface area contributed by atoms with E-state index in [1.54, 1.807) is 6.92 Å². The van der Waals surface area contributed by atoms with Gasteiger partial charge in [0.05, 0.1) is 11.0 Å². The molecule has 0 heterocycles. The average Bonchev–Trinajstić information content (AvgIpc) is 2.25. The van der Waals surface area contributed by atoms with Gasteiger partial charge in [0.2, 0.25) is 0 Å². The molecular weight excluding hydrogens is 244 g/mol. The van der Waals surface area contributed by atoms with E-state index in [0.29, 0.717) is 6.42 Å². The van der Waals surface area contributed by atoms with E-state index in [2.05, 4.69) is 0 Å². The van der Waals surface area contributed by atoms with Crippen LogP contribution in [0.15, 0.2) is 0 Å². The highest BCUT2D eigenvalue weighted by Gasteiger charge is 2.20. The van der Waals surface area contributed by atoms with Crippen LogP contribution in [0.4, 0.5) is 0 Å². The van der Waals surface area contributed by atoms with Gasteiger partial charge in [-0.25, -0.2) is 8.42 Å². The van der Waals surface area contributed by atoms with Gasteiger partial charge in [0.15, 0.2) is 15.0 Å². The van der Waals surface area contributed by atoms with Gasteiger partial charge in [-0.15, -0.1) is 0 Å². The zero-order valence-corrected chi connectivity index (χ0v) is 12.2. The largest absolute Gasteiger partial charge is 0.287 e. The topological polar surface area (TPSA) is 51.2 Å². The molecule has 2 unspecified atom stereocenters. The molecule has 0 aromatic heterocycles. The van der Waals surface area contributed by atoms with Crippen molar-refractivity contribution in [3.8, 4) is 0 Å². The predicted molar refractivity (Wildman–Crippen MR) is 70.5 cm³/mol. The third-order valence-corrected chi connectivity index (χ3v) is 6.22. The third kappa shape index (κ3) is 5.89. The summed E-state index contributed by atoms with van der Waals surface area (Å²) in [4.78, 5) is 11.5. The highest BCUT2D eigenvalue weighted by atomic mass is 32.2. The highest BCUT2D eigenvalue weighted by Crippen LogP contribution is 2.17. The van der Waals surface area contributed by atoms with Gasteiger partial charge in [0.1, 0.15) is 0 Å². The first kappa shape index (κ1) is 16.0. The lowest BCUT2D eigenvalue weighted by atomic mass is 10.4. The Morgan fingerprint density at radius 2 is 1.75 bits per heavy atom. The van der Waals surface area contributed by atoms with Crippen molar-refractivity contribution in [3.05, 3.63) is 0 Å². The molecule has 0 aromatic carbocycles. The van der Waals surface area contributed by atoms with E-state index in [-0.39, 0.29) is 27.8 Å². The molecule has 2 atom stereocenters. The maximum atomic E-state index is 11.7. The smallest absolute Gasteiger partial charge is 0.190 e. The number of thioether (sulfide) groups is 1. The summed E-state index contributed by atoms with van der Waals surface area (Å²) in [5.74, 6) is -0.00965. The molecule has 0 aromatic rings. The van der Waals surface area contributed by atoms with E-state index in [9.17, 15) is 13.2 Å². The van der Waals surface area contributed by atoms with Crippen LogP contribution in [0.2, 0.25) is 0 Å². The normalized spacial score (nSPS) is 15.8. The molecule has 0 aliphatic rings. The van der Waals surface area contributed by atoms with Gasteiger partial charge >= 0.3 is 0 Å². The molecular formula is C11H22O3S2. The summed E-state index contributed by atoms with van der Waals surface area (Å²) in [5, 5.41) is -0.0751. The minimum atomic E-state index is -3.08. The van der Waals surface area contributed by atoms with Crippen molar-refractivity contribution >= 4 is 26.7 Å². The molecule has 0 saturated heterocycles. The van der Waals surface area contributed by atoms with Gasteiger partial charge < -0.3 is 0 Å². The van der Waals surface area contributed by atoms with Crippen LogP contribution in [0, 0.1) is 0 Å². The first-order chi connectivity index (χ1) is 7.33. The Hall–Kier alpha value is -0.0300. The standard InChI is InChI=1S/C11H22O3S2/c1-5-9(3)15-11(12)7-8-16(13,14)10(4)6-2/h9-10H,5-8H2,1-4H3. The summed E-state index contributed by atoms with van der Waals surface area (Å²) >= 11 is 1.26. The molecule has 0 rings (SSSR count). The van der Waals surface area contributed by atoms with Crippen LogP contribution in [0.3, 0.4) is 0 Å². The number of carbonyl (C=O) groups excluding carboxylic acids is 1. The van der Waals surface area contributed by atoms with Gasteiger partial charge in [-0.05, 0) is 19.8 Å². The Balaban J connectivity index is 4.11. The van der Waals surface area contributed by atoms with E-state index in [4.69, 9.17) is 0 Å². The molecule has 0 fully saturated rings. The fourth-order valence-corrected chi connectivity index (χ4v) is 3.39. The predicted octanol–water partition coefficient (Wildman–Crippen LogP) is 2.65. The quantitative estimate of drug-likeness (QED) is 0.711. The molecule has 0 spiro atoms. The van der Waals surface area contributed by atoms with Crippen LogP contribution in [-0.4, -0.2) is 29.8 Å². The number of sulfone groups is 1. The molecule has 96 valence electrons. The molecule has 5 heteroatoms. The first-order valence-corrected chi connectivity index (χ1v) is 8.34. The summed E-state index contributed by atoms with van der Waals surface area (Å²) in [6.45, 7) is 7.53. The summed E-state index contributed by atoms with van der Waals surface area (Å²) < 4.78 is 23.3. The fourth-order valence-electron chi connectivity index (χ4n) is 1.05. The second kappa shape index (κ2) is 7.33. The van der Waals surface area contributed by atoms with E-state index < -0.39 is 9.84 Å². The van der Waals surface area contributed by atoms with Crippen LogP contribution >= 0.6 is 11.8 Å². The van der Waals surface area contributed by atoms with Crippen LogP contribution in [-0.2, 0) is 14.6 Å². The van der Waals surface area contributed by atoms with E-state index >= 15 is 0 Å². The molecule has 0 N–H and O–H groups in total. The first-order valence-electron chi connectivity index (χ1n) is 5.74. The maximum absolute atomic E-state index is 11.7. The van der Waals surface area contributed by atoms with Crippen molar-refractivity contribution in [1.82, 2.24) is 0 Å². The van der Waals surface area contributed by atoms with Crippen LogP contribution in [0.25, 0.3) is 0 Å². The number of hydrogen-bond acceptors (Lipinski definition) is 4. The average molecular weight is 266 g/mol. The fraction of sp³-hybridized carbons (Fsp3) is 0.909. The van der Waals surface area contributed by atoms with Crippen molar-refractivity contribution in [2.45, 2.75) is 57.5 Å². The second-order valence-corrected chi connectivity index (χ2v) is 8.08. The van der Waals surface area contributed by atoms with Crippen LogP contribution < -0.4 is 0 Å². The molecule has 0 aliphatic carbocycles. The van der Waals surface area contributed by atoms with Crippen molar-refractivity contribution in [2.24, 2.45) is 0 Å². The number of hydrogen-bond donors (Lipinski definition) is 0. The monoisotopic (exact) mass is 266 g/mol. The molecule has 3 nitrogen and oxygen atoms in total. The van der Waals surface area contributed by atoms with Gasteiger partial charge in [0.25, 0.3) is 0 Å². The van der Waals surface area contributed by atoms with E-state index in [1.165, 1.54) is 11.8 Å². The van der Waals surface area contributed by atoms with Crippen molar-refractivity contribution < 1.29 is 13.2 Å². The maximum Gasteiger partial charge on any atom is 0.190 e. The minimum absolute atomic E-state index is 0.00965. The molecule has 0 radical (unpaired) electrons. The molecule has 16 heavy (non-hydrogen) atoms. The van der Waals surface area contributed by atoms with Crippen LogP contribution in [0.5, 0.6) is 0 Å². The van der Waals surface area contributed by atoms with Gasteiger partial charge in [-0.1, -0.05) is 32.5 Å². The zero-order valence-electron chi connectivity index (χ0n) is 10.5. The van der Waals surface area contributed by atoms with E-state index in [0.717, 1.165) is 6.42 Å². The Morgan fingerprint density at radius 3 is 2.19 bits per heavy atom. The van der Waals surface area contributed by atoms with Gasteiger partial charge in [0, 0.05) is 11.7 Å². The summed E-state index contributed by atoms with van der Waals surface area (Å²) in [6, 6.07) is 0. The molecule has 0 bridgehead atoms. The van der Waals surface area contributed by atoms with Crippen molar-refractivity contribution in [1.29, 1.82) is 0 Å². The third-order valence-electron chi connectivity index (χ3n) is 2.69. The van der Waals surface area contributed by atoms with Gasteiger partial charge in [-0.2, -0.15) is 0 Å². The van der Waals surface area contributed by atoms with Gasteiger partial charge in [-0.3, -0.25) is 4.79 Å².